The maximum atomic E-state index is 12.2. The maximum absolute atomic E-state index is 12.2. The molecule has 0 bridgehead atoms. The van der Waals surface area contributed by atoms with Gasteiger partial charge in [-0.05, 0) is 12.1 Å². The van der Waals surface area contributed by atoms with E-state index in [0.29, 0.717) is 21.9 Å². The second-order valence-electron chi connectivity index (χ2n) is 4.17. The Morgan fingerprint density at radius 2 is 2.24 bits per heavy atom. The Morgan fingerprint density at radius 3 is 2.90 bits per heavy atom. The number of rotatable bonds is 6. The topological polar surface area (TPSA) is 110 Å². The van der Waals surface area contributed by atoms with E-state index in [9.17, 15) is 8.42 Å². The fraction of sp³-hybridized carbons (Fsp3) is 0.250. The van der Waals surface area contributed by atoms with E-state index in [1.54, 1.807) is 18.2 Å². The smallest absolute Gasteiger partial charge is 0.258 e. The molecule has 9 heteroatoms. The number of nitrogens with zero attached hydrogens (tertiary/aromatic N) is 1. The van der Waals surface area contributed by atoms with Crippen molar-refractivity contribution in [3.8, 4) is 5.75 Å². The third-order valence-corrected chi connectivity index (χ3v) is 4.67. The number of aromatic amines is 1. The van der Waals surface area contributed by atoms with Crippen LogP contribution in [-0.2, 0) is 23.1 Å². The molecule has 0 aliphatic heterocycles. The number of aromatic nitrogens is 2. The molecule has 0 aliphatic carbocycles. The number of benzene rings is 1. The molecule has 0 aliphatic rings. The molecule has 7 nitrogen and oxygen atoms in total. The van der Waals surface area contributed by atoms with Gasteiger partial charge in [0.15, 0.2) is 5.03 Å². The van der Waals surface area contributed by atoms with Crippen molar-refractivity contribution in [3.63, 3.8) is 0 Å². The van der Waals surface area contributed by atoms with Gasteiger partial charge in [0, 0.05) is 29.2 Å². The van der Waals surface area contributed by atoms with E-state index in [2.05, 4.69) is 14.9 Å². The van der Waals surface area contributed by atoms with Crippen LogP contribution >= 0.6 is 11.6 Å². The molecule has 21 heavy (non-hydrogen) atoms. The predicted octanol–water partition coefficient (Wildman–Crippen LogP) is 1.01. The monoisotopic (exact) mass is 330 g/mol. The number of halogens is 1. The Kier molecular flexibility index (Phi) is 4.84. The van der Waals surface area contributed by atoms with Crippen LogP contribution in [0.3, 0.4) is 0 Å². The molecular formula is C12H15ClN4O3S. The number of ether oxygens (including phenoxy) is 1. The highest BCUT2D eigenvalue weighted by atomic mass is 35.5. The van der Waals surface area contributed by atoms with Crippen LogP contribution in [0.4, 0.5) is 0 Å². The van der Waals surface area contributed by atoms with Crippen LogP contribution in [-0.4, -0.2) is 25.7 Å². The average Bonchev–Trinajstić information content (AvgIpc) is 2.95. The zero-order valence-corrected chi connectivity index (χ0v) is 12.8. The molecule has 4 N–H and O–H groups in total. The van der Waals surface area contributed by atoms with Crippen LogP contribution in [0.15, 0.2) is 29.4 Å². The molecule has 0 saturated carbocycles. The lowest BCUT2D eigenvalue weighted by atomic mass is 10.2. The first-order valence-corrected chi connectivity index (χ1v) is 7.89. The zero-order valence-electron chi connectivity index (χ0n) is 11.3. The number of sulfonamides is 1. The summed E-state index contributed by atoms with van der Waals surface area (Å²) in [5.41, 5.74) is 6.44. The quantitative estimate of drug-likeness (QED) is 0.732. The average molecular weight is 331 g/mol. The normalized spacial score (nSPS) is 11.6. The van der Waals surface area contributed by atoms with Crippen molar-refractivity contribution in [1.82, 2.24) is 14.9 Å². The van der Waals surface area contributed by atoms with Crippen molar-refractivity contribution in [2.75, 3.05) is 7.11 Å². The molecule has 0 unspecified atom stereocenters. The lowest BCUT2D eigenvalue weighted by molar-refractivity contribution is 0.409. The highest BCUT2D eigenvalue weighted by Gasteiger charge is 2.21. The van der Waals surface area contributed by atoms with Gasteiger partial charge in [0.25, 0.3) is 10.0 Å². The van der Waals surface area contributed by atoms with Gasteiger partial charge in [-0.25, -0.2) is 13.1 Å². The van der Waals surface area contributed by atoms with Crippen molar-refractivity contribution in [3.05, 3.63) is 40.5 Å². The summed E-state index contributed by atoms with van der Waals surface area (Å²) < 4.78 is 32.1. The standard InChI is InChI=1S/C12H15ClN4O3S/c1-20-11-4-2-3-10(13)9(11)7-16-21(18,19)12-8(5-14)6-15-17-12/h2-4,6,16H,5,7,14H2,1H3,(H,15,17). The van der Waals surface area contributed by atoms with Crippen molar-refractivity contribution in [2.45, 2.75) is 18.1 Å². The molecule has 1 heterocycles. The SMILES string of the molecule is COc1cccc(Cl)c1CNS(=O)(=O)c1[nH]ncc1CN. The molecule has 0 saturated heterocycles. The van der Waals surface area contributed by atoms with Crippen LogP contribution in [0.2, 0.25) is 5.02 Å². The fourth-order valence-corrected chi connectivity index (χ4v) is 3.18. The van der Waals surface area contributed by atoms with E-state index in [-0.39, 0.29) is 18.1 Å². The van der Waals surface area contributed by atoms with E-state index in [1.807, 2.05) is 0 Å². The number of hydrogen-bond donors (Lipinski definition) is 3. The zero-order chi connectivity index (χ0) is 15.5. The second-order valence-corrected chi connectivity index (χ2v) is 6.28. The molecule has 0 spiro atoms. The van der Waals surface area contributed by atoms with Gasteiger partial charge < -0.3 is 10.5 Å². The number of nitrogens with two attached hydrogens (primary N) is 1. The van der Waals surface area contributed by atoms with Gasteiger partial charge in [0.1, 0.15) is 5.75 Å². The van der Waals surface area contributed by atoms with E-state index in [0.717, 1.165) is 0 Å². The van der Waals surface area contributed by atoms with Gasteiger partial charge in [-0.2, -0.15) is 5.10 Å². The lowest BCUT2D eigenvalue weighted by Gasteiger charge is -2.11. The molecule has 114 valence electrons. The molecule has 2 aromatic rings. The highest BCUT2D eigenvalue weighted by Crippen LogP contribution is 2.26. The summed E-state index contributed by atoms with van der Waals surface area (Å²) in [6.45, 7) is 0.0658. The minimum atomic E-state index is -3.76. The minimum Gasteiger partial charge on any atom is -0.496 e. The van der Waals surface area contributed by atoms with Crippen LogP contribution in [0.1, 0.15) is 11.1 Å². The Hall–Kier alpha value is -1.61. The molecule has 1 aromatic carbocycles. The second kappa shape index (κ2) is 6.44. The highest BCUT2D eigenvalue weighted by molar-refractivity contribution is 7.89. The summed E-state index contributed by atoms with van der Waals surface area (Å²) in [4.78, 5) is 0. The summed E-state index contributed by atoms with van der Waals surface area (Å²) in [5, 5.41) is 6.49. The molecule has 0 atom stereocenters. The largest absolute Gasteiger partial charge is 0.496 e. The first-order chi connectivity index (χ1) is 9.99. The van der Waals surface area contributed by atoms with Crippen LogP contribution in [0.5, 0.6) is 5.75 Å². The van der Waals surface area contributed by atoms with Gasteiger partial charge in [0.05, 0.1) is 13.3 Å². The van der Waals surface area contributed by atoms with Gasteiger partial charge in [-0.15, -0.1) is 0 Å². The Balaban J connectivity index is 2.24. The Labute approximate surface area is 127 Å². The molecule has 1 aromatic heterocycles. The Bertz CT molecular complexity index is 730. The van der Waals surface area contributed by atoms with Crippen LogP contribution in [0, 0.1) is 0 Å². The van der Waals surface area contributed by atoms with E-state index in [1.165, 1.54) is 13.3 Å². The van der Waals surface area contributed by atoms with Crippen molar-refractivity contribution < 1.29 is 13.2 Å². The summed E-state index contributed by atoms with van der Waals surface area (Å²) in [5.74, 6) is 0.508. The third kappa shape index (κ3) is 3.35. The third-order valence-electron chi connectivity index (χ3n) is 2.90. The first-order valence-electron chi connectivity index (χ1n) is 6.03. The maximum Gasteiger partial charge on any atom is 0.258 e. The van der Waals surface area contributed by atoms with Crippen LogP contribution < -0.4 is 15.2 Å². The molecular weight excluding hydrogens is 316 g/mol. The lowest BCUT2D eigenvalue weighted by Crippen LogP contribution is -2.25. The fourth-order valence-electron chi connectivity index (χ4n) is 1.82. The predicted molar refractivity (Wildman–Crippen MR) is 78.5 cm³/mol. The summed E-state index contributed by atoms with van der Waals surface area (Å²) >= 11 is 6.07. The number of hydrogen-bond acceptors (Lipinski definition) is 5. The van der Waals surface area contributed by atoms with E-state index >= 15 is 0 Å². The summed E-state index contributed by atoms with van der Waals surface area (Å²) in [6, 6.07) is 5.09. The molecule has 0 radical (unpaired) electrons. The van der Waals surface area contributed by atoms with E-state index < -0.39 is 10.0 Å². The number of nitrogens with one attached hydrogen (secondary N) is 2. The van der Waals surface area contributed by atoms with E-state index in [4.69, 9.17) is 22.1 Å². The molecule has 0 fully saturated rings. The first kappa shape index (κ1) is 15.8. The van der Waals surface area contributed by atoms with Gasteiger partial charge in [0.2, 0.25) is 0 Å². The van der Waals surface area contributed by atoms with Crippen molar-refractivity contribution >= 4 is 21.6 Å². The van der Waals surface area contributed by atoms with Gasteiger partial charge in [-0.3, -0.25) is 5.10 Å². The van der Waals surface area contributed by atoms with Gasteiger partial charge in [-0.1, -0.05) is 17.7 Å². The minimum absolute atomic E-state index is 0.00574. The van der Waals surface area contributed by atoms with Crippen molar-refractivity contribution in [1.29, 1.82) is 0 Å². The van der Waals surface area contributed by atoms with Crippen molar-refractivity contribution in [2.24, 2.45) is 5.73 Å². The number of methoxy groups -OCH3 is 1. The Morgan fingerprint density at radius 1 is 1.48 bits per heavy atom. The summed E-state index contributed by atoms with van der Waals surface area (Å²) in [7, 11) is -2.27. The van der Waals surface area contributed by atoms with Crippen LogP contribution in [0.25, 0.3) is 0 Å². The van der Waals surface area contributed by atoms with Gasteiger partial charge >= 0.3 is 0 Å². The summed E-state index contributed by atoms with van der Waals surface area (Å²) in [6.07, 6.45) is 1.38. The number of H-pyrrole nitrogens is 1. The molecule has 2 rings (SSSR count). The molecule has 0 amide bonds.